The van der Waals surface area contributed by atoms with E-state index in [0.29, 0.717) is 22.1 Å². The molecule has 0 atom stereocenters. The van der Waals surface area contributed by atoms with Crippen molar-refractivity contribution >= 4 is 51.3 Å². The van der Waals surface area contributed by atoms with Gasteiger partial charge >= 0.3 is 5.97 Å². The molecule has 3 aromatic heterocycles. The van der Waals surface area contributed by atoms with Crippen molar-refractivity contribution in [2.75, 3.05) is 17.7 Å². The summed E-state index contributed by atoms with van der Waals surface area (Å²) in [4.78, 5) is 26.9. The van der Waals surface area contributed by atoms with Gasteiger partial charge in [0.05, 0.1) is 17.9 Å². The zero-order chi connectivity index (χ0) is 21.0. The number of hydrogen-bond donors (Lipinski definition) is 1. The lowest BCUT2D eigenvalue weighted by Crippen LogP contribution is -2.16. The van der Waals surface area contributed by atoms with Gasteiger partial charge in [0.1, 0.15) is 10.8 Å². The first-order chi connectivity index (χ1) is 13.9. The van der Waals surface area contributed by atoms with Gasteiger partial charge in [0, 0.05) is 23.2 Å². The molecule has 0 unspecified atom stereocenters. The van der Waals surface area contributed by atoms with Gasteiger partial charge in [-0.3, -0.25) is 4.79 Å². The summed E-state index contributed by atoms with van der Waals surface area (Å²) in [6.07, 6.45) is 0.713. The average molecular weight is 451 g/mol. The van der Waals surface area contributed by atoms with Crippen LogP contribution in [-0.2, 0) is 23.0 Å². The largest absolute Gasteiger partial charge is 0.462 e. The minimum atomic E-state index is -0.413. The molecule has 0 aromatic carbocycles. The number of carbonyl (C=O) groups excluding carboxylic acids is 2. The Morgan fingerprint density at radius 1 is 1.31 bits per heavy atom. The van der Waals surface area contributed by atoms with E-state index in [1.807, 2.05) is 36.9 Å². The number of nitrogens with one attached hydrogen (secondary N) is 1. The van der Waals surface area contributed by atoms with Crippen molar-refractivity contribution in [2.45, 2.75) is 32.3 Å². The maximum absolute atomic E-state index is 12.5. The van der Waals surface area contributed by atoms with Crippen LogP contribution in [0, 0.1) is 13.8 Å². The highest BCUT2D eigenvalue weighted by molar-refractivity contribution is 7.99. The number of nitrogens with zero attached hydrogens (tertiary/aromatic N) is 3. The van der Waals surface area contributed by atoms with Crippen LogP contribution in [-0.4, -0.2) is 39.0 Å². The van der Waals surface area contributed by atoms with Gasteiger partial charge in [0.25, 0.3) is 0 Å². The zero-order valence-electron chi connectivity index (χ0n) is 16.6. The normalized spacial score (nSPS) is 10.9. The van der Waals surface area contributed by atoms with Crippen LogP contribution in [0.15, 0.2) is 22.7 Å². The van der Waals surface area contributed by atoms with Crippen LogP contribution in [0.3, 0.4) is 0 Å². The van der Waals surface area contributed by atoms with Crippen molar-refractivity contribution in [1.82, 2.24) is 14.8 Å². The first-order valence-electron chi connectivity index (χ1n) is 9.01. The summed E-state index contributed by atoms with van der Waals surface area (Å²) < 4.78 is 7.03. The first-order valence-corrected chi connectivity index (χ1v) is 11.7. The predicted molar refractivity (Wildman–Crippen MR) is 117 cm³/mol. The number of rotatable bonds is 8. The predicted octanol–water partition coefficient (Wildman–Crippen LogP) is 4.05. The highest BCUT2D eigenvalue weighted by Gasteiger charge is 2.22. The van der Waals surface area contributed by atoms with Gasteiger partial charge < -0.3 is 14.6 Å². The summed E-state index contributed by atoms with van der Waals surface area (Å²) in [5.41, 5.74) is 1.27. The van der Waals surface area contributed by atoms with E-state index < -0.39 is 5.97 Å². The van der Waals surface area contributed by atoms with E-state index in [0.717, 1.165) is 16.3 Å². The SMILES string of the molecule is CCOC(=O)c1c(NC(=O)CSc2nnc(Cc3cccs3)n2C)sc(C)c1C. The molecule has 3 heterocycles. The quantitative estimate of drug-likeness (QED) is 0.412. The number of thiophene rings is 2. The number of esters is 1. The van der Waals surface area contributed by atoms with Crippen molar-refractivity contribution in [3.63, 3.8) is 0 Å². The maximum Gasteiger partial charge on any atom is 0.341 e. The van der Waals surface area contributed by atoms with Crippen molar-refractivity contribution in [2.24, 2.45) is 7.05 Å². The van der Waals surface area contributed by atoms with Crippen molar-refractivity contribution in [3.8, 4) is 0 Å². The van der Waals surface area contributed by atoms with Gasteiger partial charge in [-0.1, -0.05) is 17.8 Å². The first kappa shape index (κ1) is 21.5. The molecule has 0 radical (unpaired) electrons. The Labute approximate surface area is 181 Å². The molecule has 29 heavy (non-hydrogen) atoms. The number of aryl methyl sites for hydroxylation is 1. The molecule has 0 bridgehead atoms. The molecule has 7 nitrogen and oxygen atoms in total. The number of aromatic nitrogens is 3. The second-order valence-corrected chi connectivity index (χ2v) is 9.46. The van der Waals surface area contributed by atoms with E-state index in [4.69, 9.17) is 4.74 Å². The average Bonchev–Trinajstić information content (AvgIpc) is 3.37. The fraction of sp³-hybridized carbons (Fsp3) is 0.368. The number of anilines is 1. The Balaban J connectivity index is 1.63. The fourth-order valence-electron chi connectivity index (χ4n) is 2.65. The third-order valence-electron chi connectivity index (χ3n) is 4.29. The smallest absolute Gasteiger partial charge is 0.341 e. The van der Waals surface area contributed by atoms with E-state index in [1.54, 1.807) is 18.3 Å². The molecular formula is C19H22N4O3S3. The van der Waals surface area contributed by atoms with Crippen LogP contribution in [0.1, 0.15) is 38.4 Å². The third-order valence-corrected chi connectivity index (χ3v) is 7.31. The van der Waals surface area contributed by atoms with Crippen LogP contribution in [0.2, 0.25) is 0 Å². The highest BCUT2D eigenvalue weighted by atomic mass is 32.2. The molecule has 3 rings (SSSR count). The Morgan fingerprint density at radius 2 is 2.10 bits per heavy atom. The van der Waals surface area contributed by atoms with Crippen molar-refractivity contribution in [3.05, 3.63) is 44.2 Å². The molecule has 0 spiro atoms. The minimum Gasteiger partial charge on any atom is -0.462 e. The van der Waals surface area contributed by atoms with Crippen molar-refractivity contribution in [1.29, 1.82) is 0 Å². The molecule has 1 N–H and O–H groups in total. The van der Waals surface area contributed by atoms with E-state index in [-0.39, 0.29) is 18.3 Å². The summed E-state index contributed by atoms with van der Waals surface area (Å²) in [5.74, 6) is 0.404. The standard InChI is InChI=1S/C19H22N4O3S3/c1-5-26-18(25)16-11(2)12(3)29-17(16)20-15(24)10-28-19-22-21-14(23(19)4)9-13-7-6-8-27-13/h6-8H,5,9-10H2,1-4H3,(H,20,24). The van der Waals surface area contributed by atoms with Crippen molar-refractivity contribution < 1.29 is 14.3 Å². The second-order valence-electron chi connectivity index (χ2n) is 6.26. The van der Waals surface area contributed by atoms with Gasteiger partial charge in [-0.25, -0.2) is 4.79 Å². The lowest BCUT2D eigenvalue weighted by molar-refractivity contribution is -0.113. The lowest BCUT2D eigenvalue weighted by Gasteiger charge is -2.07. The molecule has 1 amide bonds. The number of amides is 1. The Kier molecular flexibility index (Phi) is 7.09. The minimum absolute atomic E-state index is 0.170. The second kappa shape index (κ2) is 9.55. The van der Waals surface area contributed by atoms with E-state index in [2.05, 4.69) is 21.6 Å². The summed E-state index contributed by atoms with van der Waals surface area (Å²) in [6, 6.07) is 4.07. The van der Waals surface area contributed by atoms with Crippen LogP contribution in [0.4, 0.5) is 5.00 Å². The third kappa shape index (κ3) is 5.06. The number of thioether (sulfide) groups is 1. The molecule has 10 heteroatoms. The number of carbonyl (C=O) groups is 2. The Hall–Kier alpha value is -2.17. The molecule has 0 saturated carbocycles. The van der Waals surface area contributed by atoms with Crippen LogP contribution in [0.5, 0.6) is 0 Å². The Morgan fingerprint density at radius 3 is 2.79 bits per heavy atom. The van der Waals surface area contributed by atoms with Crippen LogP contribution in [0.25, 0.3) is 0 Å². The van der Waals surface area contributed by atoms with Gasteiger partial charge in [0.2, 0.25) is 5.91 Å². The molecule has 0 aliphatic rings. The monoisotopic (exact) mass is 450 g/mol. The highest BCUT2D eigenvalue weighted by Crippen LogP contribution is 2.33. The van der Waals surface area contributed by atoms with E-state index in [1.165, 1.54) is 28.0 Å². The molecule has 0 aliphatic heterocycles. The Bertz CT molecular complexity index is 1010. The number of hydrogen-bond acceptors (Lipinski definition) is 8. The topological polar surface area (TPSA) is 86.1 Å². The summed E-state index contributed by atoms with van der Waals surface area (Å²) in [6.45, 7) is 5.82. The van der Waals surface area contributed by atoms with Gasteiger partial charge in [0.15, 0.2) is 5.16 Å². The fourth-order valence-corrected chi connectivity index (χ4v) is 5.15. The van der Waals surface area contributed by atoms with Gasteiger partial charge in [-0.15, -0.1) is 32.9 Å². The molecule has 154 valence electrons. The summed E-state index contributed by atoms with van der Waals surface area (Å²) >= 11 is 4.37. The van der Waals surface area contributed by atoms with Gasteiger partial charge in [-0.05, 0) is 37.8 Å². The van der Waals surface area contributed by atoms with E-state index >= 15 is 0 Å². The van der Waals surface area contributed by atoms with E-state index in [9.17, 15) is 9.59 Å². The summed E-state index contributed by atoms with van der Waals surface area (Å²) in [5, 5.41) is 14.5. The molecule has 0 aliphatic carbocycles. The molecule has 0 fully saturated rings. The van der Waals surface area contributed by atoms with Crippen LogP contribution < -0.4 is 5.32 Å². The molecular weight excluding hydrogens is 428 g/mol. The number of ether oxygens (including phenoxy) is 1. The zero-order valence-corrected chi connectivity index (χ0v) is 19.1. The maximum atomic E-state index is 12.5. The van der Waals surface area contributed by atoms with Crippen LogP contribution >= 0.6 is 34.4 Å². The molecule has 3 aromatic rings. The van der Waals surface area contributed by atoms with Gasteiger partial charge in [-0.2, -0.15) is 0 Å². The summed E-state index contributed by atoms with van der Waals surface area (Å²) in [7, 11) is 1.90. The lowest BCUT2D eigenvalue weighted by atomic mass is 10.1. The molecule has 0 saturated heterocycles.